The van der Waals surface area contributed by atoms with Gasteiger partial charge in [0.2, 0.25) is 5.91 Å². The molecule has 0 spiro atoms. The summed E-state index contributed by atoms with van der Waals surface area (Å²) in [5.74, 6) is -2.54. The molecular formula is C7H11F3N2O3. The van der Waals surface area contributed by atoms with Gasteiger partial charge < -0.3 is 15.7 Å². The summed E-state index contributed by atoms with van der Waals surface area (Å²) in [4.78, 5) is 20.6. The van der Waals surface area contributed by atoms with E-state index in [2.05, 4.69) is 5.32 Å². The summed E-state index contributed by atoms with van der Waals surface area (Å²) in [6.07, 6.45) is -6.21. The minimum atomic E-state index is -4.96. The standard InChI is InChI=1S/C7H11F3N2O3/c1-4(13)11-2-5(14)3-12-6(15)7(8,9)10/h5,14H,2-3H2,1H3,(H,11,13)(H,12,15). The molecule has 88 valence electrons. The Bertz CT molecular complexity index is 242. The summed E-state index contributed by atoms with van der Waals surface area (Å²) in [5.41, 5.74) is 0. The summed E-state index contributed by atoms with van der Waals surface area (Å²) in [6, 6.07) is 0. The largest absolute Gasteiger partial charge is 0.471 e. The molecule has 0 radical (unpaired) electrons. The lowest BCUT2D eigenvalue weighted by Gasteiger charge is -2.12. The monoisotopic (exact) mass is 228 g/mol. The Morgan fingerprint density at radius 2 is 1.73 bits per heavy atom. The predicted octanol–water partition coefficient (Wildman–Crippen LogP) is -0.838. The number of alkyl halides is 3. The van der Waals surface area contributed by atoms with Gasteiger partial charge in [0.25, 0.3) is 0 Å². The fraction of sp³-hybridized carbons (Fsp3) is 0.714. The summed E-state index contributed by atoms with van der Waals surface area (Å²) in [5, 5.41) is 12.7. The molecule has 0 bridgehead atoms. The highest BCUT2D eigenvalue weighted by atomic mass is 19.4. The number of amides is 2. The van der Waals surface area contributed by atoms with Crippen molar-refractivity contribution in [3.8, 4) is 0 Å². The van der Waals surface area contributed by atoms with Gasteiger partial charge in [-0.3, -0.25) is 9.59 Å². The Balaban J connectivity index is 3.76. The smallest absolute Gasteiger partial charge is 0.389 e. The predicted molar refractivity (Wildman–Crippen MR) is 43.8 cm³/mol. The van der Waals surface area contributed by atoms with Crippen LogP contribution in [0.1, 0.15) is 6.92 Å². The topological polar surface area (TPSA) is 78.4 Å². The summed E-state index contributed by atoms with van der Waals surface area (Å²) in [6.45, 7) is 0.410. The number of carbonyl (C=O) groups is 2. The first kappa shape index (κ1) is 13.7. The summed E-state index contributed by atoms with van der Waals surface area (Å²) < 4.78 is 35.0. The molecule has 1 unspecified atom stereocenters. The third-order valence-electron chi connectivity index (χ3n) is 1.34. The third-order valence-corrected chi connectivity index (χ3v) is 1.34. The first-order chi connectivity index (χ1) is 6.73. The molecule has 15 heavy (non-hydrogen) atoms. The highest BCUT2D eigenvalue weighted by Crippen LogP contribution is 2.13. The van der Waals surface area contributed by atoms with Crippen molar-refractivity contribution in [2.24, 2.45) is 0 Å². The van der Waals surface area contributed by atoms with Crippen LogP contribution in [-0.2, 0) is 9.59 Å². The van der Waals surface area contributed by atoms with Crippen LogP contribution in [0, 0.1) is 0 Å². The van der Waals surface area contributed by atoms with Crippen molar-refractivity contribution in [1.29, 1.82) is 0 Å². The lowest BCUT2D eigenvalue weighted by Crippen LogP contribution is -2.43. The lowest BCUT2D eigenvalue weighted by atomic mass is 10.3. The minimum absolute atomic E-state index is 0.215. The van der Waals surface area contributed by atoms with Gasteiger partial charge in [0.05, 0.1) is 6.10 Å². The fourth-order valence-corrected chi connectivity index (χ4v) is 0.644. The Morgan fingerprint density at radius 1 is 1.27 bits per heavy atom. The summed E-state index contributed by atoms with van der Waals surface area (Å²) in [7, 11) is 0. The average molecular weight is 228 g/mol. The van der Waals surface area contributed by atoms with E-state index in [1.165, 1.54) is 12.2 Å². The number of halogens is 3. The van der Waals surface area contributed by atoms with E-state index in [0.717, 1.165) is 0 Å². The molecule has 0 aliphatic rings. The Morgan fingerprint density at radius 3 is 2.13 bits per heavy atom. The maximum atomic E-state index is 11.7. The number of hydrogen-bond donors (Lipinski definition) is 3. The van der Waals surface area contributed by atoms with Gasteiger partial charge in [-0.1, -0.05) is 0 Å². The van der Waals surface area contributed by atoms with E-state index in [9.17, 15) is 22.8 Å². The van der Waals surface area contributed by atoms with Gasteiger partial charge in [0.1, 0.15) is 0 Å². The van der Waals surface area contributed by atoms with Gasteiger partial charge in [0.15, 0.2) is 0 Å². The van der Waals surface area contributed by atoms with Crippen LogP contribution in [0.3, 0.4) is 0 Å². The molecule has 1 atom stereocenters. The molecule has 5 nitrogen and oxygen atoms in total. The highest BCUT2D eigenvalue weighted by molar-refractivity contribution is 5.81. The van der Waals surface area contributed by atoms with Crippen molar-refractivity contribution >= 4 is 11.8 Å². The molecule has 0 aliphatic carbocycles. The lowest BCUT2D eigenvalue weighted by molar-refractivity contribution is -0.173. The fourth-order valence-electron chi connectivity index (χ4n) is 0.644. The Kier molecular flexibility index (Phi) is 5.06. The zero-order valence-electron chi connectivity index (χ0n) is 7.89. The Hall–Kier alpha value is -1.31. The molecular weight excluding hydrogens is 217 g/mol. The van der Waals surface area contributed by atoms with Crippen LogP contribution in [0.4, 0.5) is 13.2 Å². The van der Waals surface area contributed by atoms with E-state index >= 15 is 0 Å². The molecule has 3 N–H and O–H groups in total. The first-order valence-electron chi connectivity index (χ1n) is 4.01. The van der Waals surface area contributed by atoms with Crippen LogP contribution < -0.4 is 10.6 Å². The average Bonchev–Trinajstić information content (AvgIpc) is 2.09. The van der Waals surface area contributed by atoms with Crippen LogP contribution in [0.5, 0.6) is 0 Å². The van der Waals surface area contributed by atoms with Crippen LogP contribution in [0.15, 0.2) is 0 Å². The van der Waals surface area contributed by atoms with Gasteiger partial charge >= 0.3 is 12.1 Å². The van der Waals surface area contributed by atoms with E-state index < -0.39 is 30.6 Å². The van der Waals surface area contributed by atoms with Gasteiger partial charge in [0, 0.05) is 20.0 Å². The molecule has 0 fully saturated rings. The zero-order valence-corrected chi connectivity index (χ0v) is 7.89. The molecule has 0 saturated carbocycles. The number of rotatable bonds is 4. The molecule has 0 saturated heterocycles. The quantitative estimate of drug-likeness (QED) is 0.587. The molecule has 0 aromatic rings. The molecule has 0 rings (SSSR count). The van der Waals surface area contributed by atoms with E-state index in [-0.39, 0.29) is 6.54 Å². The van der Waals surface area contributed by atoms with E-state index in [1.807, 2.05) is 0 Å². The second-order valence-electron chi connectivity index (χ2n) is 2.80. The normalized spacial score (nSPS) is 13.1. The van der Waals surface area contributed by atoms with Crippen LogP contribution in [-0.4, -0.2) is 42.3 Å². The summed E-state index contributed by atoms with van der Waals surface area (Å²) >= 11 is 0. The first-order valence-corrected chi connectivity index (χ1v) is 4.01. The SMILES string of the molecule is CC(=O)NCC(O)CNC(=O)C(F)(F)F. The molecule has 0 aliphatic heterocycles. The molecule has 0 aromatic carbocycles. The number of hydrogen-bond acceptors (Lipinski definition) is 3. The van der Waals surface area contributed by atoms with Gasteiger partial charge in [-0.15, -0.1) is 0 Å². The van der Waals surface area contributed by atoms with Crippen LogP contribution in [0.2, 0.25) is 0 Å². The van der Waals surface area contributed by atoms with Crippen molar-refractivity contribution in [2.45, 2.75) is 19.2 Å². The molecule has 0 aromatic heterocycles. The molecule has 8 heteroatoms. The van der Waals surface area contributed by atoms with Crippen molar-refractivity contribution in [2.75, 3.05) is 13.1 Å². The minimum Gasteiger partial charge on any atom is -0.389 e. The maximum absolute atomic E-state index is 11.7. The van der Waals surface area contributed by atoms with Crippen molar-refractivity contribution < 1.29 is 27.9 Å². The molecule has 0 heterocycles. The van der Waals surface area contributed by atoms with Crippen molar-refractivity contribution in [3.63, 3.8) is 0 Å². The van der Waals surface area contributed by atoms with Crippen molar-refractivity contribution in [3.05, 3.63) is 0 Å². The third kappa shape index (κ3) is 6.72. The number of aliphatic hydroxyl groups is 1. The number of nitrogens with one attached hydrogen (secondary N) is 2. The van der Waals surface area contributed by atoms with Crippen molar-refractivity contribution in [1.82, 2.24) is 10.6 Å². The van der Waals surface area contributed by atoms with E-state index in [0.29, 0.717) is 0 Å². The van der Waals surface area contributed by atoms with E-state index in [1.54, 1.807) is 0 Å². The maximum Gasteiger partial charge on any atom is 0.471 e. The Labute approximate surface area is 83.6 Å². The van der Waals surface area contributed by atoms with Crippen LogP contribution in [0.25, 0.3) is 0 Å². The van der Waals surface area contributed by atoms with Gasteiger partial charge in [-0.05, 0) is 0 Å². The second kappa shape index (κ2) is 5.54. The van der Waals surface area contributed by atoms with Gasteiger partial charge in [-0.25, -0.2) is 0 Å². The zero-order chi connectivity index (χ0) is 12.1. The van der Waals surface area contributed by atoms with E-state index in [4.69, 9.17) is 5.11 Å². The van der Waals surface area contributed by atoms with Gasteiger partial charge in [-0.2, -0.15) is 13.2 Å². The molecule has 2 amide bonds. The van der Waals surface area contributed by atoms with Crippen LogP contribution >= 0.6 is 0 Å². The second-order valence-corrected chi connectivity index (χ2v) is 2.80. The number of carbonyl (C=O) groups excluding carboxylic acids is 2. The number of aliphatic hydroxyl groups excluding tert-OH is 1. The highest BCUT2D eigenvalue weighted by Gasteiger charge is 2.38.